The van der Waals surface area contributed by atoms with Crippen LogP contribution in [-0.4, -0.2) is 29.9 Å². The van der Waals surface area contributed by atoms with Crippen molar-refractivity contribution in [2.75, 3.05) is 13.6 Å². The molecule has 0 heterocycles. The third kappa shape index (κ3) is 2.67. The highest BCUT2D eigenvalue weighted by molar-refractivity contribution is 5.83. The number of nitrogens with two attached hydrogens (primary N) is 1. The molecule has 1 amide bonds. The third-order valence-corrected chi connectivity index (χ3v) is 5.89. The number of carbonyl (C=O) groups excluding carboxylic acids is 1. The minimum absolute atomic E-state index is 0.183. The molecule has 3 unspecified atom stereocenters. The highest BCUT2D eigenvalue weighted by atomic mass is 16.2. The van der Waals surface area contributed by atoms with Crippen LogP contribution in [0.1, 0.15) is 53.4 Å². The number of carbonyl (C=O) groups is 1. The van der Waals surface area contributed by atoms with E-state index in [2.05, 4.69) is 0 Å². The molecule has 3 heteroatoms. The summed E-state index contributed by atoms with van der Waals surface area (Å²) in [7, 11) is 1.95. The van der Waals surface area contributed by atoms with Gasteiger partial charge in [-0.1, -0.05) is 6.42 Å². The van der Waals surface area contributed by atoms with E-state index in [1.54, 1.807) is 0 Å². The van der Waals surface area contributed by atoms with Crippen LogP contribution in [0.2, 0.25) is 0 Å². The molecular formula is C16H30N2O. The van der Waals surface area contributed by atoms with Crippen LogP contribution in [0.5, 0.6) is 0 Å². The fraction of sp³-hybridized carbons (Fsp3) is 0.938. The van der Waals surface area contributed by atoms with Crippen molar-refractivity contribution in [3.05, 3.63) is 0 Å². The van der Waals surface area contributed by atoms with Crippen molar-refractivity contribution in [2.24, 2.45) is 28.9 Å². The van der Waals surface area contributed by atoms with Gasteiger partial charge in [-0.15, -0.1) is 0 Å². The molecule has 0 aliphatic heterocycles. The maximum Gasteiger partial charge on any atom is 0.229 e. The summed E-state index contributed by atoms with van der Waals surface area (Å²) in [5.74, 6) is 2.72. The largest absolute Gasteiger partial charge is 0.345 e. The van der Waals surface area contributed by atoms with Crippen molar-refractivity contribution in [2.45, 2.75) is 58.9 Å². The zero-order valence-electron chi connectivity index (χ0n) is 13.2. The minimum Gasteiger partial charge on any atom is -0.345 e. The predicted octanol–water partition coefficient (Wildman–Crippen LogP) is 2.64. The van der Waals surface area contributed by atoms with Crippen molar-refractivity contribution in [1.82, 2.24) is 4.90 Å². The Hall–Kier alpha value is -0.570. The first-order chi connectivity index (χ1) is 8.63. The predicted molar refractivity (Wildman–Crippen MR) is 78.6 cm³/mol. The molecule has 2 bridgehead atoms. The molecule has 0 saturated heterocycles. The van der Waals surface area contributed by atoms with Gasteiger partial charge < -0.3 is 10.6 Å². The van der Waals surface area contributed by atoms with Gasteiger partial charge in [0.25, 0.3) is 0 Å². The highest BCUT2D eigenvalue weighted by Gasteiger charge is 2.44. The minimum atomic E-state index is -0.515. The van der Waals surface area contributed by atoms with Crippen LogP contribution < -0.4 is 5.73 Å². The first-order valence-electron chi connectivity index (χ1n) is 7.67. The van der Waals surface area contributed by atoms with E-state index in [4.69, 9.17) is 5.73 Å². The molecule has 110 valence electrons. The van der Waals surface area contributed by atoms with Gasteiger partial charge in [0.1, 0.15) is 0 Å². The van der Waals surface area contributed by atoms with Crippen molar-refractivity contribution in [3.8, 4) is 0 Å². The lowest BCUT2D eigenvalue weighted by atomic mass is 9.74. The van der Waals surface area contributed by atoms with Gasteiger partial charge in [0.2, 0.25) is 5.91 Å². The molecule has 3 atom stereocenters. The Labute approximate surface area is 117 Å². The monoisotopic (exact) mass is 266 g/mol. The number of hydrogen-bond donors (Lipinski definition) is 1. The van der Waals surface area contributed by atoms with Crippen molar-refractivity contribution < 1.29 is 4.79 Å². The molecule has 0 radical (unpaired) electrons. The first kappa shape index (κ1) is 14.8. The van der Waals surface area contributed by atoms with Gasteiger partial charge >= 0.3 is 0 Å². The molecule has 0 spiro atoms. The van der Waals surface area contributed by atoms with Crippen molar-refractivity contribution in [3.63, 3.8) is 0 Å². The van der Waals surface area contributed by atoms with E-state index in [-0.39, 0.29) is 5.91 Å². The van der Waals surface area contributed by atoms with Crippen LogP contribution in [0, 0.1) is 23.2 Å². The summed E-state index contributed by atoms with van der Waals surface area (Å²) in [5.41, 5.74) is 5.17. The highest BCUT2D eigenvalue weighted by Crippen LogP contribution is 2.48. The Morgan fingerprint density at radius 2 is 1.84 bits per heavy atom. The van der Waals surface area contributed by atoms with Crippen LogP contribution in [-0.2, 0) is 4.79 Å². The number of fused-ring (bicyclic) bond motifs is 2. The summed E-state index contributed by atoms with van der Waals surface area (Å²) in [6.07, 6.45) is 5.52. The summed E-state index contributed by atoms with van der Waals surface area (Å²) >= 11 is 0. The van der Waals surface area contributed by atoms with E-state index in [0.717, 1.165) is 24.3 Å². The number of hydrogen-bond acceptors (Lipinski definition) is 2. The van der Waals surface area contributed by atoms with Crippen LogP contribution in [0.4, 0.5) is 0 Å². The quantitative estimate of drug-likeness (QED) is 0.850. The molecule has 2 saturated carbocycles. The number of amides is 1. The molecule has 0 aromatic rings. The maximum absolute atomic E-state index is 12.7. The average Bonchev–Trinajstić information content (AvgIpc) is 2.88. The zero-order valence-corrected chi connectivity index (χ0v) is 13.2. The molecule has 2 rings (SSSR count). The van der Waals surface area contributed by atoms with Crippen LogP contribution in [0.3, 0.4) is 0 Å². The first-order valence-corrected chi connectivity index (χ1v) is 7.67. The van der Waals surface area contributed by atoms with Gasteiger partial charge in [-0.25, -0.2) is 0 Å². The van der Waals surface area contributed by atoms with Crippen LogP contribution in [0.15, 0.2) is 0 Å². The number of nitrogens with zero attached hydrogens (tertiary/aromatic N) is 1. The van der Waals surface area contributed by atoms with Gasteiger partial charge in [-0.05, 0) is 64.7 Å². The Kier molecular flexibility index (Phi) is 3.72. The van der Waals surface area contributed by atoms with Crippen molar-refractivity contribution in [1.29, 1.82) is 0 Å². The van der Waals surface area contributed by atoms with E-state index in [9.17, 15) is 4.79 Å². The molecule has 2 N–H and O–H groups in total. The number of rotatable bonds is 4. The molecule has 2 fully saturated rings. The van der Waals surface area contributed by atoms with Gasteiger partial charge in [0.05, 0.1) is 5.41 Å². The second-order valence-electron chi connectivity index (χ2n) is 7.97. The Balaban J connectivity index is 1.96. The Morgan fingerprint density at radius 1 is 1.21 bits per heavy atom. The topological polar surface area (TPSA) is 46.3 Å². The van der Waals surface area contributed by atoms with Crippen molar-refractivity contribution >= 4 is 5.91 Å². The summed E-state index contributed by atoms with van der Waals surface area (Å²) < 4.78 is 0. The van der Waals surface area contributed by atoms with E-state index >= 15 is 0 Å². The summed E-state index contributed by atoms with van der Waals surface area (Å²) in [6.45, 7) is 8.73. The molecule has 2 aliphatic carbocycles. The lowest BCUT2D eigenvalue weighted by Crippen LogP contribution is -2.56. The van der Waals surface area contributed by atoms with E-state index in [1.807, 2.05) is 39.6 Å². The summed E-state index contributed by atoms with van der Waals surface area (Å²) in [5, 5.41) is 0. The smallest absolute Gasteiger partial charge is 0.229 e. The lowest BCUT2D eigenvalue weighted by Gasteiger charge is -2.40. The van der Waals surface area contributed by atoms with Crippen LogP contribution in [0.25, 0.3) is 0 Å². The molecule has 3 nitrogen and oxygen atoms in total. The zero-order chi connectivity index (χ0) is 14.4. The van der Waals surface area contributed by atoms with Gasteiger partial charge in [-0.3, -0.25) is 4.79 Å². The fourth-order valence-electron chi connectivity index (χ4n) is 3.79. The Bertz CT molecular complexity index is 356. The lowest BCUT2D eigenvalue weighted by molar-refractivity contribution is -0.142. The van der Waals surface area contributed by atoms with E-state index in [1.165, 1.54) is 25.7 Å². The van der Waals surface area contributed by atoms with Gasteiger partial charge in [-0.2, -0.15) is 0 Å². The third-order valence-electron chi connectivity index (χ3n) is 5.89. The molecule has 0 aromatic carbocycles. The molecule has 19 heavy (non-hydrogen) atoms. The summed E-state index contributed by atoms with van der Waals surface area (Å²) in [4.78, 5) is 14.6. The van der Waals surface area contributed by atoms with E-state index < -0.39 is 11.0 Å². The Morgan fingerprint density at radius 3 is 2.26 bits per heavy atom. The molecule has 2 aliphatic rings. The second-order valence-corrected chi connectivity index (χ2v) is 7.97. The fourth-order valence-corrected chi connectivity index (χ4v) is 3.79. The summed E-state index contributed by atoms with van der Waals surface area (Å²) in [6, 6.07) is 0. The van der Waals surface area contributed by atoms with Gasteiger partial charge in [0.15, 0.2) is 0 Å². The SMILES string of the molecule is CN(CC1CC2CCC1C2)C(=O)C(C)(C)C(C)(C)N. The standard InChI is InChI=1S/C16H30N2O/c1-15(2,16(3,4)17)14(19)18(5)10-13-9-11-6-7-12(13)8-11/h11-13H,6-10,17H2,1-5H3. The van der Waals surface area contributed by atoms with Crippen LogP contribution >= 0.6 is 0 Å². The molecule has 0 aromatic heterocycles. The molecular weight excluding hydrogens is 236 g/mol. The van der Waals surface area contributed by atoms with E-state index in [0.29, 0.717) is 0 Å². The van der Waals surface area contributed by atoms with Gasteiger partial charge in [0, 0.05) is 19.1 Å². The average molecular weight is 266 g/mol. The normalized spacial score (nSPS) is 30.7. The maximum atomic E-state index is 12.7. The second kappa shape index (κ2) is 4.76.